The van der Waals surface area contributed by atoms with Gasteiger partial charge in [-0.2, -0.15) is 0 Å². The Kier molecular flexibility index (Phi) is 9.19. The fourth-order valence-corrected chi connectivity index (χ4v) is 4.02. The monoisotopic (exact) mass is 512 g/mol. The van der Waals surface area contributed by atoms with Crippen molar-refractivity contribution in [1.82, 2.24) is 10.2 Å². The molecule has 3 rings (SSSR count). The summed E-state index contributed by atoms with van der Waals surface area (Å²) < 4.78 is 5.74. The summed E-state index contributed by atoms with van der Waals surface area (Å²) in [5, 5.41) is 4.11. The van der Waals surface area contributed by atoms with E-state index in [0.717, 1.165) is 11.1 Å². The molecule has 0 fully saturated rings. The van der Waals surface area contributed by atoms with Crippen LogP contribution in [0.3, 0.4) is 0 Å². The molecule has 0 radical (unpaired) electrons. The smallest absolute Gasteiger partial charge is 0.261 e. The molecule has 0 saturated carbocycles. The molecule has 0 aromatic heterocycles. The average molecular weight is 513 g/mol. The number of carbonyl (C=O) groups excluding carboxylic acids is 2. The Morgan fingerprint density at radius 2 is 1.51 bits per heavy atom. The SMILES string of the molecule is CC(C)(C)NC(=O)[C@H](Cc1ccccc1)N(Cc1cccc(Cl)c1)C(=O)COc1cccc(Cl)c1. The predicted molar refractivity (Wildman–Crippen MR) is 141 cm³/mol. The molecule has 0 aliphatic rings. The fraction of sp³-hybridized carbons (Fsp3) is 0.286. The molecule has 0 aliphatic carbocycles. The quantitative estimate of drug-likeness (QED) is 0.386. The van der Waals surface area contributed by atoms with Crippen LogP contribution in [0.2, 0.25) is 10.0 Å². The van der Waals surface area contributed by atoms with Crippen molar-refractivity contribution < 1.29 is 14.3 Å². The van der Waals surface area contributed by atoms with E-state index in [1.165, 1.54) is 0 Å². The number of amides is 2. The topological polar surface area (TPSA) is 58.6 Å². The lowest BCUT2D eigenvalue weighted by Gasteiger charge is -2.33. The van der Waals surface area contributed by atoms with Gasteiger partial charge in [0.15, 0.2) is 6.61 Å². The molecule has 7 heteroatoms. The highest BCUT2D eigenvalue weighted by Gasteiger charge is 2.32. The van der Waals surface area contributed by atoms with Crippen LogP contribution >= 0.6 is 23.2 Å². The number of ether oxygens (including phenoxy) is 1. The van der Waals surface area contributed by atoms with E-state index in [1.54, 1.807) is 41.3 Å². The van der Waals surface area contributed by atoms with Gasteiger partial charge < -0.3 is 15.0 Å². The molecule has 3 aromatic carbocycles. The zero-order valence-corrected chi connectivity index (χ0v) is 21.6. The third-order valence-corrected chi connectivity index (χ3v) is 5.64. The Morgan fingerprint density at radius 3 is 2.14 bits per heavy atom. The van der Waals surface area contributed by atoms with Gasteiger partial charge in [-0.1, -0.05) is 71.7 Å². The minimum absolute atomic E-state index is 0.202. The van der Waals surface area contributed by atoms with Gasteiger partial charge in [-0.25, -0.2) is 0 Å². The minimum Gasteiger partial charge on any atom is -0.484 e. The largest absolute Gasteiger partial charge is 0.484 e. The van der Waals surface area contributed by atoms with Crippen LogP contribution in [0.5, 0.6) is 5.75 Å². The first kappa shape index (κ1) is 26.6. The van der Waals surface area contributed by atoms with E-state index in [1.807, 2.05) is 63.2 Å². The average Bonchev–Trinajstić information content (AvgIpc) is 2.79. The molecule has 0 bridgehead atoms. The number of carbonyl (C=O) groups is 2. The number of nitrogens with zero attached hydrogens (tertiary/aromatic N) is 1. The number of hydrogen-bond acceptors (Lipinski definition) is 3. The van der Waals surface area contributed by atoms with Crippen molar-refractivity contribution in [1.29, 1.82) is 0 Å². The molecule has 0 aliphatic heterocycles. The first-order chi connectivity index (χ1) is 16.6. The standard InChI is InChI=1S/C28H30Cl2N2O3/c1-28(2,3)31-27(34)25(16-20-9-5-4-6-10-20)32(18-21-11-7-12-22(29)15-21)26(33)19-35-24-14-8-13-23(30)17-24/h4-15,17,25H,16,18-19H2,1-3H3,(H,31,34)/t25-/m0/s1. The highest BCUT2D eigenvalue weighted by Crippen LogP contribution is 2.20. The van der Waals surface area contributed by atoms with Gasteiger partial charge in [0, 0.05) is 28.5 Å². The summed E-state index contributed by atoms with van der Waals surface area (Å²) in [5.74, 6) is -0.0817. The summed E-state index contributed by atoms with van der Waals surface area (Å²) in [4.78, 5) is 28.6. The van der Waals surface area contributed by atoms with Crippen LogP contribution < -0.4 is 10.1 Å². The highest BCUT2D eigenvalue weighted by atomic mass is 35.5. The summed E-state index contributed by atoms with van der Waals surface area (Å²) in [5.41, 5.74) is 1.30. The van der Waals surface area contributed by atoms with Crippen molar-refractivity contribution in [3.8, 4) is 5.75 Å². The molecular formula is C28H30Cl2N2O3. The first-order valence-electron chi connectivity index (χ1n) is 11.4. The van der Waals surface area contributed by atoms with Crippen LogP contribution in [-0.4, -0.2) is 34.9 Å². The van der Waals surface area contributed by atoms with Gasteiger partial charge in [0.25, 0.3) is 5.91 Å². The van der Waals surface area contributed by atoms with Crippen LogP contribution in [0.1, 0.15) is 31.9 Å². The van der Waals surface area contributed by atoms with Gasteiger partial charge >= 0.3 is 0 Å². The number of hydrogen-bond donors (Lipinski definition) is 1. The maximum Gasteiger partial charge on any atom is 0.261 e. The second-order valence-electron chi connectivity index (χ2n) is 9.34. The van der Waals surface area contributed by atoms with Crippen molar-refractivity contribution in [3.05, 3.63) is 100 Å². The van der Waals surface area contributed by atoms with E-state index >= 15 is 0 Å². The van der Waals surface area contributed by atoms with Crippen LogP contribution in [0.4, 0.5) is 0 Å². The summed E-state index contributed by atoms with van der Waals surface area (Å²) in [6.07, 6.45) is 0.353. The molecule has 35 heavy (non-hydrogen) atoms. The Balaban J connectivity index is 1.93. The van der Waals surface area contributed by atoms with E-state index in [4.69, 9.17) is 27.9 Å². The zero-order chi connectivity index (χ0) is 25.4. The van der Waals surface area contributed by atoms with Gasteiger partial charge in [0.2, 0.25) is 5.91 Å². The van der Waals surface area contributed by atoms with Gasteiger partial charge in [0.1, 0.15) is 11.8 Å². The first-order valence-corrected chi connectivity index (χ1v) is 12.1. The Labute approximate surface area is 217 Å². The van der Waals surface area contributed by atoms with Crippen molar-refractivity contribution in [2.75, 3.05) is 6.61 Å². The normalized spacial score (nSPS) is 12.0. The van der Waals surface area contributed by atoms with Crippen molar-refractivity contribution >= 4 is 35.0 Å². The predicted octanol–water partition coefficient (Wildman–Crippen LogP) is 5.93. The van der Waals surface area contributed by atoms with Crippen molar-refractivity contribution in [3.63, 3.8) is 0 Å². The van der Waals surface area contributed by atoms with E-state index < -0.39 is 11.6 Å². The van der Waals surface area contributed by atoms with Gasteiger partial charge in [0.05, 0.1) is 0 Å². The molecule has 1 N–H and O–H groups in total. The molecule has 1 atom stereocenters. The Morgan fingerprint density at radius 1 is 0.886 bits per heavy atom. The maximum atomic E-state index is 13.5. The number of benzene rings is 3. The van der Waals surface area contributed by atoms with Crippen LogP contribution in [-0.2, 0) is 22.6 Å². The van der Waals surface area contributed by atoms with Crippen LogP contribution in [0.15, 0.2) is 78.9 Å². The van der Waals surface area contributed by atoms with E-state index in [0.29, 0.717) is 22.2 Å². The summed E-state index contributed by atoms with van der Waals surface area (Å²) in [7, 11) is 0. The molecule has 3 aromatic rings. The second-order valence-corrected chi connectivity index (χ2v) is 10.2. The zero-order valence-electron chi connectivity index (χ0n) is 20.1. The lowest BCUT2D eigenvalue weighted by Crippen LogP contribution is -2.55. The van der Waals surface area contributed by atoms with Gasteiger partial charge in [-0.05, 0) is 62.2 Å². The highest BCUT2D eigenvalue weighted by molar-refractivity contribution is 6.30. The van der Waals surface area contributed by atoms with Gasteiger partial charge in [-0.15, -0.1) is 0 Å². The Hall–Kier alpha value is -3.02. The maximum absolute atomic E-state index is 13.5. The third kappa shape index (κ3) is 8.61. The molecule has 0 spiro atoms. The third-order valence-electron chi connectivity index (χ3n) is 5.17. The molecule has 0 unspecified atom stereocenters. The van der Waals surface area contributed by atoms with E-state index in [9.17, 15) is 9.59 Å². The van der Waals surface area contributed by atoms with Crippen LogP contribution in [0, 0.1) is 0 Å². The minimum atomic E-state index is -0.758. The fourth-order valence-electron chi connectivity index (χ4n) is 3.62. The summed E-state index contributed by atoms with van der Waals surface area (Å²) in [6, 6.07) is 23.0. The lowest BCUT2D eigenvalue weighted by molar-refractivity contribution is -0.143. The summed E-state index contributed by atoms with van der Waals surface area (Å²) in [6.45, 7) is 5.70. The molecule has 5 nitrogen and oxygen atoms in total. The van der Waals surface area contributed by atoms with Crippen LogP contribution in [0.25, 0.3) is 0 Å². The molecule has 0 heterocycles. The lowest BCUT2D eigenvalue weighted by atomic mass is 10.0. The van der Waals surface area contributed by atoms with Gasteiger partial charge in [-0.3, -0.25) is 9.59 Å². The molecular weight excluding hydrogens is 483 g/mol. The van der Waals surface area contributed by atoms with Crippen molar-refractivity contribution in [2.24, 2.45) is 0 Å². The van der Waals surface area contributed by atoms with E-state index in [2.05, 4.69) is 5.32 Å². The number of nitrogens with one attached hydrogen (secondary N) is 1. The second kappa shape index (κ2) is 12.1. The van der Waals surface area contributed by atoms with E-state index in [-0.39, 0.29) is 25.0 Å². The summed E-state index contributed by atoms with van der Waals surface area (Å²) >= 11 is 12.3. The van der Waals surface area contributed by atoms with Crippen molar-refractivity contribution in [2.45, 2.75) is 45.3 Å². The number of halogens is 2. The Bertz CT molecular complexity index is 1150. The number of rotatable bonds is 9. The molecule has 2 amide bonds. The molecule has 0 saturated heterocycles. The molecule has 184 valence electrons.